The summed E-state index contributed by atoms with van der Waals surface area (Å²) in [6, 6.07) is 3.66. The molecule has 25 heavy (non-hydrogen) atoms. The second-order valence-electron chi connectivity index (χ2n) is 4.96. The number of nitrogens with zero attached hydrogens (tertiary/aromatic N) is 2. The highest BCUT2D eigenvalue weighted by Crippen LogP contribution is 2.41. The van der Waals surface area contributed by atoms with Crippen LogP contribution in [0.5, 0.6) is 0 Å². The van der Waals surface area contributed by atoms with Crippen LogP contribution in [0.2, 0.25) is 0 Å². The van der Waals surface area contributed by atoms with Gasteiger partial charge in [0.15, 0.2) is 11.0 Å². The van der Waals surface area contributed by atoms with Crippen LogP contribution in [0.25, 0.3) is 0 Å². The van der Waals surface area contributed by atoms with Gasteiger partial charge in [-0.25, -0.2) is 9.18 Å². The van der Waals surface area contributed by atoms with E-state index in [1.54, 1.807) is 13.0 Å². The van der Waals surface area contributed by atoms with E-state index in [2.05, 4.69) is 32.3 Å². The van der Waals surface area contributed by atoms with Gasteiger partial charge in [0, 0.05) is 5.56 Å². The lowest BCUT2D eigenvalue weighted by molar-refractivity contribution is 0.0694. The topological polar surface area (TPSA) is 83.7 Å². The summed E-state index contributed by atoms with van der Waals surface area (Å²) in [6.45, 7) is 4.02. The Morgan fingerprint density at radius 1 is 1.64 bits per heavy atom. The molecule has 0 bridgehead atoms. The molecule has 9 heteroatoms. The van der Waals surface area contributed by atoms with E-state index in [1.807, 2.05) is 6.92 Å². The van der Waals surface area contributed by atoms with Crippen molar-refractivity contribution in [2.75, 3.05) is 17.7 Å². The van der Waals surface area contributed by atoms with Crippen molar-refractivity contribution >= 4 is 44.6 Å². The van der Waals surface area contributed by atoms with Crippen LogP contribution in [0.3, 0.4) is 0 Å². The summed E-state index contributed by atoms with van der Waals surface area (Å²) in [5, 5.41) is 12.0. The molecule has 0 fully saturated rings. The van der Waals surface area contributed by atoms with Crippen LogP contribution in [-0.2, 0) is 16.1 Å². The molecule has 0 saturated carbocycles. The number of aliphatic imine (C=N–C) groups is 1. The first-order valence-corrected chi connectivity index (χ1v) is 9.44. The van der Waals surface area contributed by atoms with Crippen LogP contribution >= 0.6 is 27.7 Å². The Morgan fingerprint density at radius 2 is 2.40 bits per heavy atom. The normalized spacial score (nSPS) is 16.3. The standard InChI is InChI=1S/C16H17BrFN3O3S/c1-3-23-16(22)21-15(25-4-2)20-11-7-9-10(13(17)14(11)18)8-24-12(9)5-6-19/h7,12H,3-5,8H2,1-2H3,(H,20,21,22). The van der Waals surface area contributed by atoms with Gasteiger partial charge < -0.3 is 14.8 Å². The number of amidine groups is 1. The summed E-state index contributed by atoms with van der Waals surface area (Å²) < 4.78 is 25.3. The smallest absolute Gasteiger partial charge is 0.436 e. The Bertz CT molecular complexity index is 736. The first kappa shape index (κ1) is 19.7. The summed E-state index contributed by atoms with van der Waals surface area (Å²) in [5.41, 5.74) is 1.59. The van der Waals surface area contributed by atoms with Crippen LogP contribution in [0.15, 0.2) is 15.5 Å². The maximum absolute atomic E-state index is 14.6. The van der Waals surface area contributed by atoms with E-state index in [0.29, 0.717) is 11.3 Å². The van der Waals surface area contributed by atoms with Crippen molar-refractivity contribution in [3.63, 3.8) is 0 Å². The number of rotatable bonds is 4. The molecule has 0 radical (unpaired) electrons. The third kappa shape index (κ3) is 4.71. The number of carbonyl (C=O) groups excluding carboxylic acids is 1. The highest BCUT2D eigenvalue weighted by atomic mass is 79.9. The first-order chi connectivity index (χ1) is 12.0. The minimum absolute atomic E-state index is 0.156. The third-order valence-electron chi connectivity index (χ3n) is 3.38. The van der Waals surface area contributed by atoms with Crippen molar-refractivity contribution in [1.29, 1.82) is 5.26 Å². The number of carbonyl (C=O) groups is 1. The fourth-order valence-corrected chi connectivity index (χ4v) is 3.47. The molecule has 6 nitrogen and oxygen atoms in total. The molecule has 1 aromatic carbocycles. The summed E-state index contributed by atoms with van der Waals surface area (Å²) in [7, 11) is 0. The number of hydrogen-bond acceptors (Lipinski definition) is 5. The maximum Gasteiger partial charge on any atom is 0.436 e. The van der Waals surface area contributed by atoms with Gasteiger partial charge in [0.25, 0.3) is 0 Å². The number of nitrogens with one attached hydrogen (secondary N) is 1. The molecule has 134 valence electrons. The summed E-state index contributed by atoms with van der Waals surface area (Å²) in [5.74, 6) is 0.132. The van der Waals surface area contributed by atoms with E-state index in [4.69, 9.17) is 14.7 Å². The average Bonchev–Trinajstić information content (AvgIpc) is 2.96. The monoisotopic (exact) mass is 429 g/mol. The van der Waals surface area contributed by atoms with Crippen LogP contribution in [0, 0.1) is 17.1 Å². The SMILES string of the molecule is CCOC(=O)/N=C(/Nc1cc2c(c(Br)c1F)COC2CC#N)SCC. The van der Waals surface area contributed by atoms with Crippen molar-refractivity contribution in [2.45, 2.75) is 33.0 Å². The fourth-order valence-electron chi connectivity index (χ4n) is 2.32. The summed E-state index contributed by atoms with van der Waals surface area (Å²) in [4.78, 5) is 15.4. The second kappa shape index (κ2) is 9.17. The molecular formula is C16H17BrFN3O3S. The van der Waals surface area contributed by atoms with Crippen LogP contribution in [0.1, 0.15) is 37.5 Å². The number of amides is 1. The minimum atomic E-state index is -0.739. The third-order valence-corrected chi connectivity index (χ3v) is 4.96. The van der Waals surface area contributed by atoms with Gasteiger partial charge in [-0.05, 0) is 40.2 Å². The lowest BCUT2D eigenvalue weighted by atomic mass is 10.0. The molecule has 0 spiro atoms. The van der Waals surface area contributed by atoms with Gasteiger partial charge in [-0.3, -0.25) is 0 Å². The molecule has 0 aromatic heterocycles. The summed E-state index contributed by atoms with van der Waals surface area (Å²) in [6.07, 6.45) is -0.961. The summed E-state index contributed by atoms with van der Waals surface area (Å²) >= 11 is 4.51. The van der Waals surface area contributed by atoms with Gasteiger partial charge in [-0.15, -0.1) is 0 Å². The maximum atomic E-state index is 14.6. The molecule has 1 aliphatic rings. The average molecular weight is 430 g/mol. The quantitative estimate of drug-likeness (QED) is 0.548. The molecule has 1 atom stereocenters. The molecule has 1 N–H and O–H groups in total. The molecule has 2 rings (SSSR count). The lowest BCUT2D eigenvalue weighted by Crippen LogP contribution is -2.14. The molecule has 1 unspecified atom stereocenters. The van der Waals surface area contributed by atoms with Gasteiger partial charge in [0.2, 0.25) is 0 Å². The highest BCUT2D eigenvalue weighted by Gasteiger charge is 2.28. The van der Waals surface area contributed by atoms with Crippen molar-refractivity contribution in [2.24, 2.45) is 4.99 Å². The Kier molecular flexibility index (Phi) is 7.23. The lowest BCUT2D eigenvalue weighted by Gasteiger charge is -2.14. The van der Waals surface area contributed by atoms with Crippen molar-refractivity contribution in [1.82, 2.24) is 0 Å². The van der Waals surface area contributed by atoms with Gasteiger partial charge in [-0.2, -0.15) is 10.3 Å². The molecule has 1 aromatic rings. The number of fused-ring (bicyclic) bond motifs is 1. The number of nitriles is 1. The number of thioether (sulfide) groups is 1. The van der Waals surface area contributed by atoms with Gasteiger partial charge in [0.1, 0.15) is 0 Å². The van der Waals surface area contributed by atoms with Gasteiger partial charge in [-0.1, -0.05) is 18.7 Å². The number of halogens is 2. The predicted molar refractivity (Wildman–Crippen MR) is 98.1 cm³/mol. The Morgan fingerprint density at radius 3 is 3.04 bits per heavy atom. The van der Waals surface area contributed by atoms with Gasteiger partial charge >= 0.3 is 6.09 Å². The zero-order chi connectivity index (χ0) is 18.4. The molecule has 1 amide bonds. The zero-order valence-electron chi connectivity index (χ0n) is 13.8. The number of hydrogen-bond donors (Lipinski definition) is 1. The van der Waals surface area contributed by atoms with Crippen LogP contribution < -0.4 is 5.32 Å². The van der Waals surface area contributed by atoms with Gasteiger partial charge in [0.05, 0.1) is 42.0 Å². The molecule has 1 heterocycles. The van der Waals surface area contributed by atoms with E-state index in [-0.39, 0.29) is 35.0 Å². The second-order valence-corrected chi connectivity index (χ2v) is 7.00. The Balaban J connectivity index is 2.35. The van der Waals surface area contributed by atoms with Crippen molar-refractivity contribution in [3.8, 4) is 6.07 Å². The molecule has 1 aliphatic heterocycles. The van der Waals surface area contributed by atoms with Crippen molar-refractivity contribution < 1.29 is 18.7 Å². The number of ether oxygens (including phenoxy) is 2. The highest BCUT2D eigenvalue weighted by molar-refractivity contribution is 9.10. The van der Waals surface area contributed by atoms with E-state index in [1.165, 1.54) is 11.8 Å². The molecule has 0 saturated heterocycles. The Labute approximate surface area is 157 Å². The van der Waals surface area contributed by atoms with Crippen LogP contribution in [-0.4, -0.2) is 23.6 Å². The molecule has 0 aliphatic carbocycles. The molecular weight excluding hydrogens is 413 g/mol. The largest absolute Gasteiger partial charge is 0.448 e. The van der Waals surface area contributed by atoms with E-state index in [9.17, 15) is 9.18 Å². The first-order valence-electron chi connectivity index (χ1n) is 7.66. The van der Waals surface area contributed by atoms with Crippen molar-refractivity contribution in [3.05, 3.63) is 27.5 Å². The fraction of sp³-hybridized carbons (Fsp3) is 0.438. The Hall–Kier alpha value is -1.63. The van der Waals surface area contributed by atoms with Crippen LogP contribution in [0.4, 0.5) is 14.9 Å². The zero-order valence-corrected chi connectivity index (χ0v) is 16.2. The number of anilines is 1. The minimum Gasteiger partial charge on any atom is -0.448 e. The van der Waals surface area contributed by atoms with E-state index < -0.39 is 18.0 Å². The van der Waals surface area contributed by atoms with E-state index >= 15 is 0 Å². The van der Waals surface area contributed by atoms with E-state index in [0.717, 1.165) is 5.56 Å². The predicted octanol–water partition coefficient (Wildman–Crippen LogP) is 4.75. The number of benzene rings is 1.